The van der Waals surface area contributed by atoms with Crippen molar-refractivity contribution in [2.75, 3.05) is 40.9 Å². The van der Waals surface area contributed by atoms with Gasteiger partial charge in [-0.3, -0.25) is 4.79 Å². The van der Waals surface area contributed by atoms with Crippen molar-refractivity contribution in [1.82, 2.24) is 15.5 Å². The Hall–Kier alpha value is -2.44. The largest absolute Gasteiger partial charge is 0.493 e. The molecular formula is C23H38N4O3. The first kappa shape index (κ1) is 23.8. The van der Waals surface area contributed by atoms with Crippen LogP contribution in [0.3, 0.4) is 0 Å². The minimum atomic E-state index is 0.00132. The first-order chi connectivity index (χ1) is 14.5. The van der Waals surface area contributed by atoms with Crippen molar-refractivity contribution >= 4 is 11.9 Å². The molecule has 1 aliphatic rings. The van der Waals surface area contributed by atoms with Gasteiger partial charge in [0.1, 0.15) is 6.54 Å². The van der Waals surface area contributed by atoms with E-state index in [0.29, 0.717) is 12.6 Å². The van der Waals surface area contributed by atoms with Crippen molar-refractivity contribution in [1.29, 1.82) is 0 Å². The number of benzene rings is 1. The lowest BCUT2D eigenvalue weighted by Gasteiger charge is -2.25. The first-order valence-electron chi connectivity index (χ1n) is 11.1. The number of methoxy groups -OCH3 is 1. The molecule has 0 spiro atoms. The van der Waals surface area contributed by atoms with Gasteiger partial charge in [0, 0.05) is 26.7 Å². The molecule has 0 atom stereocenters. The number of nitrogens with one attached hydrogen (secondary N) is 2. The van der Waals surface area contributed by atoms with Crippen molar-refractivity contribution in [3.63, 3.8) is 0 Å². The number of amides is 1. The summed E-state index contributed by atoms with van der Waals surface area (Å²) in [5.41, 5.74) is 1.21. The summed E-state index contributed by atoms with van der Waals surface area (Å²) in [5, 5.41) is 6.93. The molecule has 1 fully saturated rings. The lowest BCUT2D eigenvalue weighted by atomic mass is 9.96. The third kappa shape index (κ3) is 8.13. The van der Waals surface area contributed by atoms with Gasteiger partial charge in [0.05, 0.1) is 13.7 Å². The summed E-state index contributed by atoms with van der Waals surface area (Å²) in [4.78, 5) is 18.0. The molecule has 30 heavy (non-hydrogen) atoms. The number of carbonyl (C=O) groups is 1. The van der Waals surface area contributed by atoms with E-state index in [1.165, 1.54) is 24.8 Å². The molecule has 0 radical (unpaired) electrons. The Kier molecular flexibility index (Phi) is 10.3. The Morgan fingerprint density at radius 3 is 2.63 bits per heavy atom. The lowest BCUT2D eigenvalue weighted by Crippen LogP contribution is -2.45. The second kappa shape index (κ2) is 13.0. The van der Waals surface area contributed by atoms with Crippen LogP contribution in [0.4, 0.5) is 0 Å². The van der Waals surface area contributed by atoms with Crippen molar-refractivity contribution < 1.29 is 14.3 Å². The van der Waals surface area contributed by atoms with E-state index >= 15 is 0 Å². The summed E-state index contributed by atoms with van der Waals surface area (Å²) in [6, 6.07) is 6.52. The number of carbonyl (C=O) groups excluding carboxylic acids is 1. The fourth-order valence-electron chi connectivity index (χ4n) is 3.53. The van der Waals surface area contributed by atoms with Gasteiger partial charge in [0.25, 0.3) is 0 Å². The van der Waals surface area contributed by atoms with Crippen LogP contribution in [0.25, 0.3) is 0 Å². The normalized spacial score (nSPS) is 14.9. The van der Waals surface area contributed by atoms with Crippen LogP contribution < -0.4 is 20.1 Å². The van der Waals surface area contributed by atoms with Gasteiger partial charge in [0.15, 0.2) is 17.5 Å². The maximum Gasteiger partial charge on any atom is 0.243 e. The fourth-order valence-corrected chi connectivity index (χ4v) is 3.53. The Bertz CT molecular complexity index is 685. The van der Waals surface area contributed by atoms with Gasteiger partial charge in [-0.2, -0.15) is 0 Å². The number of guanidine groups is 1. The summed E-state index contributed by atoms with van der Waals surface area (Å²) in [7, 11) is 5.17. The third-order valence-corrected chi connectivity index (χ3v) is 5.28. The number of ether oxygens (including phenoxy) is 2. The van der Waals surface area contributed by atoms with Crippen molar-refractivity contribution in [3.8, 4) is 11.5 Å². The van der Waals surface area contributed by atoms with E-state index < -0.39 is 0 Å². The second-order valence-corrected chi connectivity index (χ2v) is 7.88. The van der Waals surface area contributed by atoms with E-state index in [0.717, 1.165) is 49.7 Å². The van der Waals surface area contributed by atoms with E-state index in [1.54, 1.807) is 26.1 Å². The first-order valence-corrected chi connectivity index (χ1v) is 11.1. The Labute approximate surface area is 181 Å². The van der Waals surface area contributed by atoms with Crippen LogP contribution in [0.1, 0.15) is 51.0 Å². The zero-order chi connectivity index (χ0) is 21.8. The highest BCUT2D eigenvalue weighted by molar-refractivity contribution is 5.84. The summed E-state index contributed by atoms with van der Waals surface area (Å²) >= 11 is 0. The van der Waals surface area contributed by atoms with Crippen LogP contribution in [-0.4, -0.2) is 63.7 Å². The van der Waals surface area contributed by atoms with Gasteiger partial charge in [-0.05, 0) is 50.3 Å². The van der Waals surface area contributed by atoms with Gasteiger partial charge >= 0.3 is 0 Å². The Balaban J connectivity index is 1.88. The highest BCUT2D eigenvalue weighted by Gasteiger charge is 2.15. The Morgan fingerprint density at radius 2 is 1.97 bits per heavy atom. The van der Waals surface area contributed by atoms with E-state index in [-0.39, 0.29) is 12.5 Å². The monoisotopic (exact) mass is 418 g/mol. The average Bonchev–Trinajstić information content (AvgIpc) is 2.75. The molecule has 168 valence electrons. The molecule has 0 heterocycles. The molecule has 1 aliphatic carbocycles. The summed E-state index contributed by atoms with van der Waals surface area (Å²) in [6.45, 7) is 3.52. The molecule has 0 bridgehead atoms. The van der Waals surface area contributed by atoms with Gasteiger partial charge in [-0.15, -0.1) is 0 Å². The van der Waals surface area contributed by atoms with Crippen LogP contribution in [0.5, 0.6) is 11.5 Å². The number of aliphatic imine (C=N–C) groups is 1. The van der Waals surface area contributed by atoms with E-state index in [1.807, 2.05) is 19.1 Å². The topological polar surface area (TPSA) is 75.2 Å². The van der Waals surface area contributed by atoms with Gasteiger partial charge in [-0.25, -0.2) is 4.99 Å². The average molecular weight is 419 g/mol. The molecule has 0 unspecified atom stereocenters. The molecule has 0 aromatic heterocycles. The second-order valence-electron chi connectivity index (χ2n) is 7.88. The molecule has 1 amide bonds. The van der Waals surface area contributed by atoms with E-state index in [9.17, 15) is 4.79 Å². The van der Waals surface area contributed by atoms with Gasteiger partial charge in [-0.1, -0.05) is 25.3 Å². The minimum absolute atomic E-state index is 0.00132. The maximum absolute atomic E-state index is 11.9. The lowest BCUT2D eigenvalue weighted by molar-refractivity contribution is -0.127. The maximum atomic E-state index is 11.9. The van der Waals surface area contributed by atoms with Crippen LogP contribution in [0.2, 0.25) is 0 Å². The standard InChI is InChI=1S/C23H38N4O3/c1-5-30-21-16-18(13-14-20(21)29-4)10-9-15-24-23(25-17-22(28)27(2)3)26-19-11-7-6-8-12-19/h13-14,16,19H,5-12,15,17H2,1-4H3,(H2,24,25,26). The van der Waals surface area contributed by atoms with Crippen LogP contribution >= 0.6 is 0 Å². The predicted molar refractivity (Wildman–Crippen MR) is 121 cm³/mol. The number of aryl methyl sites for hydroxylation is 1. The highest BCUT2D eigenvalue weighted by Crippen LogP contribution is 2.28. The van der Waals surface area contributed by atoms with Crippen molar-refractivity contribution in [3.05, 3.63) is 23.8 Å². The Morgan fingerprint density at radius 1 is 1.20 bits per heavy atom. The molecule has 1 aromatic rings. The smallest absolute Gasteiger partial charge is 0.243 e. The molecule has 2 rings (SSSR count). The van der Waals surface area contributed by atoms with E-state index in [2.05, 4.69) is 21.7 Å². The van der Waals surface area contributed by atoms with Crippen LogP contribution in [-0.2, 0) is 11.2 Å². The molecule has 0 saturated heterocycles. The van der Waals surface area contributed by atoms with Gasteiger partial charge in [0.2, 0.25) is 5.91 Å². The number of nitrogens with zero attached hydrogens (tertiary/aromatic N) is 2. The molecule has 7 nitrogen and oxygen atoms in total. The fraction of sp³-hybridized carbons (Fsp3) is 0.652. The summed E-state index contributed by atoms with van der Waals surface area (Å²) in [5.74, 6) is 2.28. The molecule has 1 aromatic carbocycles. The third-order valence-electron chi connectivity index (χ3n) is 5.28. The highest BCUT2D eigenvalue weighted by atomic mass is 16.5. The van der Waals surface area contributed by atoms with E-state index in [4.69, 9.17) is 9.47 Å². The number of hydrogen-bond acceptors (Lipinski definition) is 4. The molecule has 0 aliphatic heterocycles. The predicted octanol–water partition coefficient (Wildman–Crippen LogP) is 2.98. The number of hydrogen-bond donors (Lipinski definition) is 2. The number of rotatable bonds is 10. The van der Waals surface area contributed by atoms with Gasteiger partial charge < -0.3 is 25.0 Å². The zero-order valence-corrected chi connectivity index (χ0v) is 19.0. The zero-order valence-electron chi connectivity index (χ0n) is 19.0. The SMILES string of the molecule is CCOc1cc(CCCNC(=NCC(=O)N(C)C)NC2CCCCC2)ccc1OC. The van der Waals surface area contributed by atoms with Crippen LogP contribution in [0.15, 0.2) is 23.2 Å². The molecule has 1 saturated carbocycles. The summed E-state index contributed by atoms with van der Waals surface area (Å²) < 4.78 is 11.0. The van der Waals surface area contributed by atoms with Crippen LogP contribution in [0, 0.1) is 0 Å². The molecule has 2 N–H and O–H groups in total. The molecule has 7 heteroatoms. The molecular weight excluding hydrogens is 380 g/mol. The summed E-state index contributed by atoms with van der Waals surface area (Å²) in [6.07, 6.45) is 8.00. The van der Waals surface area contributed by atoms with Crippen molar-refractivity contribution in [2.24, 2.45) is 4.99 Å². The number of likely N-dealkylation sites (N-methyl/N-ethyl adjacent to an activating group) is 1. The quantitative estimate of drug-likeness (QED) is 0.347. The van der Waals surface area contributed by atoms with Crippen molar-refractivity contribution in [2.45, 2.75) is 57.9 Å². The minimum Gasteiger partial charge on any atom is -0.493 e.